The van der Waals surface area contributed by atoms with Crippen molar-refractivity contribution >= 4 is 34.7 Å². The molecule has 0 atom stereocenters. The first-order valence-corrected chi connectivity index (χ1v) is 7.35. The molecule has 0 aliphatic rings. The van der Waals surface area contributed by atoms with E-state index in [0.717, 1.165) is 30.8 Å². The third-order valence-electron chi connectivity index (χ3n) is 2.49. The molecule has 0 amide bonds. The lowest BCUT2D eigenvalue weighted by Crippen LogP contribution is -2.12. The second-order valence-electron chi connectivity index (χ2n) is 3.98. The maximum absolute atomic E-state index is 6.16. The fraction of sp³-hybridized carbons (Fsp3) is 0.308. The fourth-order valence-electron chi connectivity index (χ4n) is 1.61. The topological polar surface area (TPSA) is 24.9 Å². The van der Waals surface area contributed by atoms with E-state index in [9.17, 15) is 0 Å². The van der Waals surface area contributed by atoms with Crippen LogP contribution in [0.2, 0.25) is 10.0 Å². The van der Waals surface area contributed by atoms with Crippen LogP contribution < -0.4 is 5.32 Å². The Hall–Kier alpha value is -0.610. The SMILES string of the molecule is CCCNCc1cc(-c2ccc(Cl)cc2Cl)ns1. The molecule has 96 valence electrons. The standard InChI is InChI=1S/C13H14Cl2N2S/c1-2-5-16-8-10-7-13(17-18-10)11-4-3-9(14)6-12(11)15/h3-4,6-7,16H,2,5,8H2,1H3. The van der Waals surface area contributed by atoms with E-state index in [1.807, 2.05) is 12.1 Å². The molecule has 2 rings (SSSR count). The van der Waals surface area contributed by atoms with Crippen molar-refractivity contribution in [2.45, 2.75) is 19.9 Å². The number of nitrogens with zero attached hydrogens (tertiary/aromatic N) is 1. The van der Waals surface area contributed by atoms with Crippen molar-refractivity contribution in [3.8, 4) is 11.3 Å². The van der Waals surface area contributed by atoms with Crippen LogP contribution in [0.3, 0.4) is 0 Å². The lowest BCUT2D eigenvalue weighted by Gasteiger charge is -2.00. The van der Waals surface area contributed by atoms with Crippen LogP contribution in [0.1, 0.15) is 18.2 Å². The van der Waals surface area contributed by atoms with Crippen molar-refractivity contribution in [1.82, 2.24) is 9.69 Å². The molecule has 1 aromatic heterocycles. The molecule has 0 spiro atoms. The van der Waals surface area contributed by atoms with Gasteiger partial charge in [-0.05, 0) is 48.8 Å². The predicted molar refractivity (Wildman–Crippen MR) is 79.6 cm³/mol. The molecule has 2 nitrogen and oxygen atoms in total. The molecular formula is C13H14Cl2N2S. The highest BCUT2D eigenvalue weighted by molar-refractivity contribution is 7.06. The maximum Gasteiger partial charge on any atom is 0.0858 e. The van der Waals surface area contributed by atoms with Crippen LogP contribution in [0, 0.1) is 0 Å². The van der Waals surface area contributed by atoms with E-state index < -0.39 is 0 Å². The summed E-state index contributed by atoms with van der Waals surface area (Å²) in [6, 6.07) is 7.55. The molecular weight excluding hydrogens is 287 g/mol. The van der Waals surface area contributed by atoms with Gasteiger partial charge in [0, 0.05) is 22.0 Å². The fourth-order valence-corrected chi connectivity index (χ4v) is 2.81. The second-order valence-corrected chi connectivity index (χ2v) is 5.71. The molecule has 1 N–H and O–H groups in total. The Morgan fingerprint density at radius 2 is 2.11 bits per heavy atom. The summed E-state index contributed by atoms with van der Waals surface area (Å²) in [5.41, 5.74) is 1.84. The molecule has 5 heteroatoms. The van der Waals surface area contributed by atoms with E-state index in [0.29, 0.717) is 10.0 Å². The molecule has 2 aromatic rings. The summed E-state index contributed by atoms with van der Waals surface area (Å²) in [6.45, 7) is 4.03. The summed E-state index contributed by atoms with van der Waals surface area (Å²) in [7, 11) is 0. The number of hydrogen-bond donors (Lipinski definition) is 1. The normalized spacial score (nSPS) is 10.8. The third-order valence-corrected chi connectivity index (χ3v) is 3.82. The lowest BCUT2D eigenvalue weighted by atomic mass is 10.1. The zero-order valence-electron chi connectivity index (χ0n) is 10.0. The summed E-state index contributed by atoms with van der Waals surface area (Å²) >= 11 is 13.6. The molecule has 0 radical (unpaired) electrons. The van der Waals surface area contributed by atoms with E-state index in [-0.39, 0.29) is 0 Å². The molecule has 0 fully saturated rings. The number of hydrogen-bond acceptors (Lipinski definition) is 3. The van der Waals surface area contributed by atoms with Crippen molar-refractivity contribution in [2.24, 2.45) is 0 Å². The molecule has 1 aromatic carbocycles. The van der Waals surface area contributed by atoms with Crippen molar-refractivity contribution < 1.29 is 0 Å². The van der Waals surface area contributed by atoms with Crippen LogP contribution in [0.5, 0.6) is 0 Å². The van der Waals surface area contributed by atoms with Crippen molar-refractivity contribution in [2.75, 3.05) is 6.54 Å². The predicted octanol–water partition coefficient (Wildman–Crippen LogP) is 4.62. The van der Waals surface area contributed by atoms with Gasteiger partial charge in [-0.15, -0.1) is 0 Å². The monoisotopic (exact) mass is 300 g/mol. The third kappa shape index (κ3) is 3.45. The summed E-state index contributed by atoms with van der Waals surface area (Å²) < 4.78 is 4.43. The van der Waals surface area contributed by atoms with Crippen molar-refractivity contribution in [3.05, 3.63) is 39.2 Å². The Labute approximate surface area is 121 Å². The Morgan fingerprint density at radius 3 is 2.83 bits per heavy atom. The van der Waals surface area contributed by atoms with Crippen LogP contribution in [-0.2, 0) is 6.54 Å². The number of halogens is 2. The van der Waals surface area contributed by atoms with Gasteiger partial charge in [-0.2, -0.15) is 4.37 Å². The highest BCUT2D eigenvalue weighted by Gasteiger charge is 2.08. The quantitative estimate of drug-likeness (QED) is 0.815. The van der Waals surface area contributed by atoms with Gasteiger partial charge in [0.25, 0.3) is 0 Å². The highest BCUT2D eigenvalue weighted by atomic mass is 35.5. The minimum Gasteiger partial charge on any atom is -0.312 e. The Kier molecular flexibility index (Phi) is 5.01. The second kappa shape index (κ2) is 6.53. The molecule has 0 saturated heterocycles. The molecule has 1 heterocycles. The summed E-state index contributed by atoms with van der Waals surface area (Å²) in [4.78, 5) is 1.21. The minimum absolute atomic E-state index is 0.640. The molecule has 0 bridgehead atoms. The minimum atomic E-state index is 0.640. The first-order chi connectivity index (χ1) is 8.70. The van der Waals surface area contributed by atoms with Gasteiger partial charge in [-0.3, -0.25) is 0 Å². The summed E-state index contributed by atoms with van der Waals surface area (Å²) in [5, 5.41) is 4.64. The first-order valence-electron chi connectivity index (χ1n) is 5.82. The average Bonchev–Trinajstić information content (AvgIpc) is 2.78. The van der Waals surface area contributed by atoms with Crippen LogP contribution in [0.4, 0.5) is 0 Å². The Morgan fingerprint density at radius 1 is 1.28 bits per heavy atom. The number of aromatic nitrogens is 1. The smallest absolute Gasteiger partial charge is 0.0858 e. The number of rotatable bonds is 5. The van der Waals surface area contributed by atoms with Crippen LogP contribution >= 0.6 is 34.7 Å². The summed E-state index contributed by atoms with van der Waals surface area (Å²) in [5.74, 6) is 0. The maximum atomic E-state index is 6.16. The number of nitrogens with one attached hydrogen (secondary N) is 1. The molecule has 0 unspecified atom stereocenters. The van der Waals surface area contributed by atoms with E-state index in [2.05, 4.69) is 22.7 Å². The zero-order chi connectivity index (χ0) is 13.0. The first kappa shape index (κ1) is 13.8. The molecule has 0 saturated carbocycles. The Bertz CT molecular complexity index is 525. The molecule has 0 aliphatic heterocycles. The van der Waals surface area contributed by atoms with Crippen LogP contribution in [-0.4, -0.2) is 10.9 Å². The van der Waals surface area contributed by atoms with Crippen molar-refractivity contribution in [3.63, 3.8) is 0 Å². The van der Waals surface area contributed by atoms with E-state index in [1.54, 1.807) is 6.07 Å². The van der Waals surface area contributed by atoms with Gasteiger partial charge in [0.15, 0.2) is 0 Å². The lowest BCUT2D eigenvalue weighted by molar-refractivity contribution is 0.681. The molecule has 0 aliphatic carbocycles. The van der Waals surface area contributed by atoms with E-state index in [4.69, 9.17) is 23.2 Å². The van der Waals surface area contributed by atoms with Gasteiger partial charge < -0.3 is 5.32 Å². The van der Waals surface area contributed by atoms with E-state index >= 15 is 0 Å². The van der Waals surface area contributed by atoms with Crippen LogP contribution in [0.15, 0.2) is 24.3 Å². The Balaban J connectivity index is 2.13. The van der Waals surface area contributed by atoms with Crippen molar-refractivity contribution in [1.29, 1.82) is 0 Å². The number of benzene rings is 1. The van der Waals surface area contributed by atoms with E-state index in [1.165, 1.54) is 16.4 Å². The summed E-state index contributed by atoms with van der Waals surface area (Å²) in [6.07, 6.45) is 1.13. The van der Waals surface area contributed by atoms with Gasteiger partial charge in [0.2, 0.25) is 0 Å². The average molecular weight is 301 g/mol. The van der Waals surface area contributed by atoms with Gasteiger partial charge in [-0.1, -0.05) is 30.1 Å². The van der Waals surface area contributed by atoms with Gasteiger partial charge in [0.05, 0.1) is 10.7 Å². The van der Waals surface area contributed by atoms with Crippen LogP contribution in [0.25, 0.3) is 11.3 Å². The van der Waals surface area contributed by atoms with Gasteiger partial charge >= 0.3 is 0 Å². The largest absolute Gasteiger partial charge is 0.312 e. The van der Waals surface area contributed by atoms with Gasteiger partial charge in [0.1, 0.15) is 0 Å². The molecule has 18 heavy (non-hydrogen) atoms. The zero-order valence-corrected chi connectivity index (χ0v) is 12.4. The van der Waals surface area contributed by atoms with Gasteiger partial charge in [-0.25, -0.2) is 0 Å². The highest BCUT2D eigenvalue weighted by Crippen LogP contribution is 2.30.